The predicted molar refractivity (Wildman–Crippen MR) is 52.9 cm³/mol. The molecule has 0 heteroatoms. The molecule has 0 aromatic rings. The molecule has 0 N–H and O–H groups in total. The minimum Gasteiger partial charge on any atom is -0.0683 e. The molecular weight excluding hydrogens is 132 g/mol. The summed E-state index contributed by atoms with van der Waals surface area (Å²) in [6.45, 7) is 4.00. The molecule has 0 amide bonds. The summed E-state index contributed by atoms with van der Waals surface area (Å²) < 4.78 is 0. The summed E-state index contributed by atoms with van der Waals surface area (Å²) >= 11 is 0. The van der Waals surface area contributed by atoms with E-state index in [0.717, 1.165) is 0 Å². The molecule has 0 aliphatic heterocycles. The van der Waals surface area contributed by atoms with Crippen molar-refractivity contribution in [1.29, 1.82) is 0 Å². The molecule has 2 fully saturated rings. The van der Waals surface area contributed by atoms with Crippen LogP contribution < -0.4 is 0 Å². The van der Waals surface area contributed by atoms with Crippen LogP contribution >= 0.6 is 0 Å². The standard InChI is InChI=1S/C6H12.C3H6.C2H6/c1-2-4-6-5-3-1;1-2-3-1;1-2/h1-6H2;1-3H2;1-2H3. The Bertz CT molecular complexity index is 36.8. The minimum atomic E-state index is 1.50. The van der Waals surface area contributed by atoms with Crippen LogP contribution in [-0.2, 0) is 0 Å². The van der Waals surface area contributed by atoms with Gasteiger partial charge in [0.1, 0.15) is 0 Å². The van der Waals surface area contributed by atoms with E-state index >= 15 is 0 Å². The van der Waals surface area contributed by atoms with Crippen molar-refractivity contribution in [3.8, 4) is 0 Å². The smallest absolute Gasteiger partial charge is 0.0533 e. The lowest BCUT2D eigenvalue weighted by Crippen LogP contribution is -1.85. The molecule has 0 bridgehead atoms. The Hall–Kier alpha value is 0. The quantitative estimate of drug-likeness (QED) is 0.483. The van der Waals surface area contributed by atoms with E-state index in [4.69, 9.17) is 0 Å². The van der Waals surface area contributed by atoms with Crippen molar-refractivity contribution < 1.29 is 0 Å². The summed E-state index contributed by atoms with van der Waals surface area (Å²) in [6.07, 6.45) is 13.5. The average molecular weight is 156 g/mol. The lowest BCUT2D eigenvalue weighted by molar-refractivity contribution is 0.504. The van der Waals surface area contributed by atoms with Crippen molar-refractivity contribution in [1.82, 2.24) is 0 Å². The van der Waals surface area contributed by atoms with E-state index in [9.17, 15) is 0 Å². The van der Waals surface area contributed by atoms with Crippen LogP contribution in [0.1, 0.15) is 71.6 Å². The van der Waals surface area contributed by atoms with Crippen molar-refractivity contribution in [3.63, 3.8) is 0 Å². The van der Waals surface area contributed by atoms with Crippen LogP contribution in [0.15, 0.2) is 0 Å². The van der Waals surface area contributed by atoms with Gasteiger partial charge in [-0.3, -0.25) is 0 Å². The van der Waals surface area contributed by atoms with E-state index in [1.165, 1.54) is 57.8 Å². The molecule has 68 valence electrons. The van der Waals surface area contributed by atoms with Gasteiger partial charge in [0.05, 0.1) is 0 Å². The first-order valence-electron chi connectivity index (χ1n) is 5.50. The minimum absolute atomic E-state index is 1.50. The van der Waals surface area contributed by atoms with Crippen LogP contribution in [0.2, 0.25) is 0 Å². The van der Waals surface area contributed by atoms with Gasteiger partial charge in [-0.2, -0.15) is 0 Å². The molecule has 2 aliphatic carbocycles. The van der Waals surface area contributed by atoms with Crippen LogP contribution in [0.4, 0.5) is 0 Å². The first-order chi connectivity index (χ1) is 5.50. The fourth-order valence-electron chi connectivity index (χ4n) is 1.06. The topological polar surface area (TPSA) is 0 Å². The second-order valence-electron chi connectivity index (χ2n) is 3.18. The van der Waals surface area contributed by atoms with Crippen molar-refractivity contribution in [2.75, 3.05) is 0 Å². The van der Waals surface area contributed by atoms with Gasteiger partial charge < -0.3 is 0 Å². The summed E-state index contributed by atoms with van der Waals surface area (Å²) in [7, 11) is 0. The monoisotopic (exact) mass is 156 g/mol. The van der Waals surface area contributed by atoms with E-state index in [-0.39, 0.29) is 0 Å². The second-order valence-corrected chi connectivity index (χ2v) is 3.18. The predicted octanol–water partition coefficient (Wildman–Crippen LogP) is 4.54. The molecule has 0 heterocycles. The Morgan fingerprint density at radius 1 is 0.364 bits per heavy atom. The number of hydrogen-bond donors (Lipinski definition) is 0. The normalized spacial score (nSPS) is 20.2. The molecule has 2 aliphatic rings. The molecular formula is C11H24. The Morgan fingerprint density at radius 3 is 0.545 bits per heavy atom. The summed E-state index contributed by atoms with van der Waals surface area (Å²) in [5.41, 5.74) is 0. The third kappa shape index (κ3) is 13.1. The molecule has 2 saturated carbocycles. The van der Waals surface area contributed by atoms with Crippen LogP contribution in [-0.4, -0.2) is 0 Å². The Kier molecular flexibility index (Phi) is 10.0. The van der Waals surface area contributed by atoms with Gasteiger partial charge in [-0.05, 0) is 0 Å². The molecule has 0 saturated heterocycles. The lowest BCUT2D eigenvalue weighted by atomic mass is 10.0. The molecule has 0 atom stereocenters. The highest BCUT2D eigenvalue weighted by Crippen LogP contribution is 2.15. The Labute approximate surface area is 72.4 Å². The van der Waals surface area contributed by atoms with Gasteiger partial charge in [0, 0.05) is 0 Å². The maximum Gasteiger partial charge on any atom is -0.0533 e. The molecule has 0 nitrogen and oxygen atoms in total. The molecule has 2 rings (SSSR count). The third-order valence-corrected chi connectivity index (χ3v) is 1.85. The zero-order valence-electron chi connectivity index (χ0n) is 8.36. The van der Waals surface area contributed by atoms with E-state index in [0.29, 0.717) is 0 Å². The number of hydrogen-bond acceptors (Lipinski definition) is 0. The lowest BCUT2D eigenvalue weighted by Gasteiger charge is -2.05. The van der Waals surface area contributed by atoms with Gasteiger partial charge in [-0.15, -0.1) is 0 Å². The van der Waals surface area contributed by atoms with Gasteiger partial charge in [0.2, 0.25) is 0 Å². The summed E-state index contributed by atoms with van der Waals surface area (Å²) in [5, 5.41) is 0. The first kappa shape index (κ1) is 11.0. The summed E-state index contributed by atoms with van der Waals surface area (Å²) in [4.78, 5) is 0. The van der Waals surface area contributed by atoms with Crippen molar-refractivity contribution >= 4 is 0 Å². The van der Waals surface area contributed by atoms with Crippen molar-refractivity contribution in [3.05, 3.63) is 0 Å². The summed E-state index contributed by atoms with van der Waals surface area (Å²) in [6, 6.07) is 0. The fourth-order valence-corrected chi connectivity index (χ4v) is 1.06. The largest absolute Gasteiger partial charge is 0.0683 e. The van der Waals surface area contributed by atoms with Crippen molar-refractivity contribution in [2.45, 2.75) is 71.6 Å². The zero-order chi connectivity index (χ0) is 8.36. The molecule has 0 aromatic carbocycles. The molecule has 0 radical (unpaired) electrons. The van der Waals surface area contributed by atoms with Crippen LogP contribution in [0, 0.1) is 0 Å². The summed E-state index contributed by atoms with van der Waals surface area (Å²) in [5.74, 6) is 0. The van der Waals surface area contributed by atoms with Gasteiger partial charge in [0.15, 0.2) is 0 Å². The van der Waals surface area contributed by atoms with Gasteiger partial charge in [0.25, 0.3) is 0 Å². The van der Waals surface area contributed by atoms with E-state index < -0.39 is 0 Å². The van der Waals surface area contributed by atoms with Gasteiger partial charge >= 0.3 is 0 Å². The first-order valence-corrected chi connectivity index (χ1v) is 5.50. The van der Waals surface area contributed by atoms with Crippen LogP contribution in [0.25, 0.3) is 0 Å². The second kappa shape index (κ2) is 10.0. The van der Waals surface area contributed by atoms with Gasteiger partial charge in [-0.25, -0.2) is 0 Å². The van der Waals surface area contributed by atoms with Gasteiger partial charge in [-0.1, -0.05) is 71.6 Å². The Balaban J connectivity index is 0.000000169. The zero-order valence-corrected chi connectivity index (χ0v) is 8.36. The van der Waals surface area contributed by atoms with E-state index in [1.54, 1.807) is 0 Å². The van der Waals surface area contributed by atoms with E-state index in [1.807, 2.05) is 13.8 Å². The fraction of sp³-hybridized carbons (Fsp3) is 1.00. The highest BCUT2D eigenvalue weighted by molar-refractivity contribution is 4.51. The molecule has 0 spiro atoms. The van der Waals surface area contributed by atoms with Crippen LogP contribution in [0.3, 0.4) is 0 Å². The maximum atomic E-state index is 2.00. The highest BCUT2D eigenvalue weighted by atomic mass is 14.0. The Morgan fingerprint density at radius 2 is 0.455 bits per heavy atom. The van der Waals surface area contributed by atoms with Crippen LogP contribution in [0.5, 0.6) is 0 Å². The average Bonchev–Trinajstić information content (AvgIpc) is 2.97. The van der Waals surface area contributed by atoms with E-state index in [2.05, 4.69) is 0 Å². The number of rotatable bonds is 0. The SMILES string of the molecule is C1CC1.C1CCCCC1.CC. The molecule has 0 unspecified atom stereocenters. The molecule has 0 aromatic heterocycles. The third-order valence-electron chi connectivity index (χ3n) is 1.85. The highest BCUT2D eigenvalue weighted by Gasteiger charge is 1.95. The molecule has 11 heavy (non-hydrogen) atoms. The van der Waals surface area contributed by atoms with Crippen molar-refractivity contribution in [2.24, 2.45) is 0 Å². The maximum absolute atomic E-state index is 2.00.